The van der Waals surface area contributed by atoms with Crippen LogP contribution in [0.15, 0.2) is 78.9 Å². The Kier molecular flexibility index (Phi) is 6.20. The molecule has 0 fully saturated rings. The molecule has 0 unspecified atom stereocenters. The van der Waals surface area contributed by atoms with Crippen molar-refractivity contribution in [3.05, 3.63) is 101 Å². The molecule has 4 aromatic rings. The summed E-state index contributed by atoms with van der Waals surface area (Å²) in [7, 11) is 1.54. The van der Waals surface area contributed by atoms with E-state index in [0.717, 1.165) is 16.8 Å². The first kappa shape index (κ1) is 22.6. The summed E-state index contributed by atoms with van der Waals surface area (Å²) < 4.78 is 7.09. The summed E-state index contributed by atoms with van der Waals surface area (Å²) in [6, 6.07) is 23.0. The van der Waals surface area contributed by atoms with Crippen molar-refractivity contribution >= 4 is 34.8 Å². The molecule has 1 atom stereocenters. The molecular formula is C26H23ClN6O2. The molecule has 1 aromatic heterocycles. The molecule has 0 saturated carbocycles. The second-order valence-electron chi connectivity index (χ2n) is 8.18. The van der Waals surface area contributed by atoms with Crippen LogP contribution < -0.4 is 15.0 Å². The van der Waals surface area contributed by atoms with E-state index >= 15 is 0 Å². The van der Waals surface area contributed by atoms with Crippen LogP contribution >= 0.6 is 11.6 Å². The fraction of sp³-hybridized carbons (Fsp3) is 0.154. The second kappa shape index (κ2) is 9.60. The topological polar surface area (TPSA) is 85.2 Å². The Balaban J connectivity index is 1.52. The van der Waals surface area contributed by atoms with Gasteiger partial charge in [-0.25, -0.2) is 0 Å². The van der Waals surface area contributed by atoms with E-state index in [1.54, 1.807) is 30.0 Å². The van der Waals surface area contributed by atoms with Gasteiger partial charge in [-0.05, 0) is 52.8 Å². The standard InChI is InChI=1S/C26H23ClN6O2/c1-17-8-10-19(11-9-17)23-15-22(18-6-4-3-5-7-18)32(26-29-30-31-33(23)26)16-25(34)28-21-14-20(27)12-13-24(21)35-2/h3-15,23H,16H2,1-2H3,(H,28,34)/t23-/m1/s1. The van der Waals surface area contributed by atoms with Gasteiger partial charge >= 0.3 is 0 Å². The van der Waals surface area contributed by atoms with E-state index in [-0.39, 0.29) is 18.5 Å². The lowest BCUT2D eigenvalue weighted by Crippen LogP contribution is -2.37. The maximum atomic E-state index is 13.2. The van der Waals surface area contributed by atoms with E-state index in [2.05, 4.69) is 51.2 Å². The largest absolute Gasteiger partial charge is 0.495 e. The number of hydrogen-bond acceptors (Lipinski definition) is 6. The van der Waals surface area contributed by atoms with E-state index in [1.165, 1.54) is 5.56 Å². The third kappa shape index (κ3) is 4.61. The maximum Gasteiger partial charge on any atom is 0.251 e. The number of ether oxygens (including phenoxy) is 1. The lowest BCUT2D eigenvalue weighted by atomic mass is 10.00. The number of nitrogens with zero attached hydrogens (tertiary/aromatic N) is 5. The van der Waals surface area contributed by atoms with Crippen LogP contribution in [0.5, 0.6) is 5.75 Å². The van der Waals surface area contributed by atoms with Crippen LogP contribution in [0.4, 0.5) is 11.6 Å². The molecule has 9 heteroatoms. The van der Waals surface area contributed by atoms with Gasteiger partial charge in [0.25, 0.3) is 5.95 Å². The van der Waals surface area contributed by atoms with Crippen molar-refractivity contribution in [1.82, 2.24) is 20.2 Å². The Morgan fingerprint density at radius 3 is 2.60 bits per heavy atom. The van der Waals surface area contributed by atoms with Gasteiger partial charge in [-0.15, -0.1) is 0 Å². The number of anilines is 2. The number of benzene rings is 3. The van der Waals surface area contributed by atoms with Crippen LogP contribution in [0.1, 0.15) is 22.7 Å². The number of fused-ring (bicyclic) bond motifs is 1. The van der Waals surface area contributed by atoms with E-state index in [9.17, 15) is 4.79 Å². The summed E-state index contributed by atoms with van der Waals surface area (Å²) in [5.41, 5.74) is 4.50. The van der Waals surface area contributed by atoms with Gasteiger partial charge in [-0.2, -0.15) is 4.68 Å². The van der Waals surface area contributed by atoms with Crippen LogP contribution in [0.25, 0.3) is 5.70 Å². The zero-order valence-corrected chi connectivity index (χ0v) is 20.0. The molecule has 0 aliphatic carbocycles. The molecule has 1 amide bonds. The summed E-state index contributed by atoms with van der Waals surface area (Å²) in [5.74, 6) is 0.727. The van der Waals surface area contributed by atoms with Gasteiger partial charge in [0.1, 0.15) is 18.3 Å². The predicted octanol–water partition coefficient (Wildman–Crippen LogP) is 4.73. The summed E-state index contributed by atoms with van der Waals surface area (Å²) in [6.45, 7) is 2.03. The van der Waals surface area contributed by atoms with Crippen LogP contribution in [-0.2, 0) is 4.79 Å². The van der Waals surface area contributed by atoms with E-state index in [0.29, 0.717) is 22.4 Å². The van der Waals surface area contributed by atoms with Gasteiger partial charge in [0, 0.05) is 5.02 Å². The van der Waals surface area contributed by atoms with Gasteiger partial charge in [-0.1, -0.05) is 76.9 Å². The average Bonchev–Trinajstić information content (AvgIpc) is 3.36. The van der Waals surface area contributed by atoms with E-state index < -0.39 is 0 Å². The Bertz CT molecular complexity index is 1380. The zero-order valence-electron chi connectivity index (χ0n) is 19.2. The molecule has 0 saturated heterocycles. The van der Waals surface area contributed by atoms with Gasteiger partial charge in [0.05, 0.1) is 18.5 Å². The van der Waals surface area contributed by atoms with Gasteiger partial charge < -0.3 is 10.1 Å². The summed E-state index contributed by atoms with van der Waals surface area (Å²) >= 11 is 6.13. The van der Waals surface area contributed by atoms with Crippen LogP contribution in [-0.4, -0.2) is 39.8 Å². The number of rotatable bonds is 6. The van der Waals surface area contributed by atoms with Crippen LogP contribution in [0.3, 0.4) is 0 Å². The normalized spacial score (nSPS) is 14.8. The molecule has 0 spiro atoms. The number of amides is 1. The molecule has 5 rings (SSSR count). The number of carbonyl (C=O) groups is 1. The summed E-state index contributed by atoms with van der Waals surface area (Å²) in [6.07, 6.45) is 2.08. The van der Waals surface area contributed by atoms with Gasteiger partial charge in [0.2, 0.25) is 5.91 Å². The van der Waals surface area contributed by atoms with Crippen molar-refractivity contribution in [3.63, 3.8) is 0 Å². The highest BCUT2D eigenvalue weighted by Crippen LogP contribution is 2.36. The lowest BCUT2D eigenvalue weighted by Gasteiger charge is -2.32. The Morgan fingerprint density at radius 1 is 1.09 bits per heavy atom. The summed E-state index contributed by atoms with van der Waals surface area (Å²) in [5, 5.41) is 15.8. The van der Waals surface area contributed by atoms with Gasteiger partial charge in [-0.3, -0.25) is 9.69 Å². The van der Waals surface area contributed by atoms with Crippen molar-refractivity contribution in [3.8, 4) is 5.75 Å². The van der Waals surface area contributed by atoms with Crippen molar-refractivity contribution in [2.24, 2.45) is 0 Å². The number of carbonyl (C=O) groups excluding carboxylic acids is 1. The van der Waals surface area contributed by atoms with Crippen molar-refractivity contribution < 1.29 is 9.53 Å². The van der Waals surface area contributed by atoms with Crippen molar-refractivity contribution in [2.45, 2.75) is 13.0 Å². The fourth-order valence-corrected chi connectivity index (χ4v) is 4.27. The first-order valence-corrected chi connectivity index (χ1v) is 11.4. The Morgan fingerprint density at radius 2 is 1.86 bits per heavy atom. The maximum absolute atomic E-state index is 13.2. The van der Waals surface area contributed by atoms with Crippen LogP contribution in [0, 0.1) is 6.92 Å². The molecule has 0 radical (unpaired) electrons. The molecule has 0 bridgehead atoms. The Hall–Kier alpha value is -4.17. The molecule has 3 aromatic carbocycles. The molecule has 1 aliphatic rings. The predicted molar refractivity (Wildman–Crippen MR) is 136 cm³/mol. The number of allylic oxidation sites excluding steroid dienone is 1. The highest BCUT2D eigenvalue weighted by Gasteiger charge is 2.32. The molecule has 176 valence electrons. The number of aromatic nitrogens is 4. The van der Waals surface area contributed by atoms with Crippen molar-refractivity contribution in [1.29, 1.82) is 0 Å². The lowest BCUT2D eigenvalue weighted by molar-refractivity contribution is -0.114. The monoisotopic (exact) mass is 486 g/mol. The highest BCUT2D eigenvalue weighted by molar-refractivity contribution is 6.31. The SMILES string of the molecule is COc1ccc(Cl)cc1NC(=O)CN1C(c2ccccc2)=C[C@H](c2ccc(C)cc2)n2nnnc21. The smallest absolute Gasteiger partial charge is 0.251 e. The molecule has 8 nitrogen and oxygen atoms in total. The number of aryl methyl sites for hydroxylation is 1. The number of nitrogens with one attached hydrogen (secondary N) is 1. The zero-order chi connectivity index (χ0) is 24.4. The quantitative estimate of drug-likeness (QED) is 0.424. The fourth-order valence-electron chi connectivity index (χ4n) is 4.09. The number of tetrazole rings is 1. The molecule has 2 heterocycles. The summed E-state index contributed by atoms with van der Waals surface area (Å²) in [4.78, 5) is 15.0. The second-order valence-corrected chi connectivity index (χ2v) is 8.61. The molecule has 1 N–H and O–H groups in total. The van der Waals surface area contributed by atoms with E-state index in [4.69, 9.17) is 16.3 Å². The minimum absolute atomic E-state index is 0.0165. The third-order valence-corrected chi connectivity index (χ3v) is 6.05. The number of methoxy groups -OCH3 is 1. The highest BCUT2D eigenvalue weighted by atomic mass is 35.5. The molecule has 35 heavy (non-hydrogen) atoms. The molecule has 1 aliphatic heterocycles. The Labute approximate surface area is 207 Å². The number of hydrogen-bond donors (Lipinski definition) is 1. The third-order valence-electron chi connectivity index (χ3n) is 5.81. The number of halogens is 1. The van der Waals surface area contributed by atoms with Gasteiger partial charge in [0.15, 0.2) is 0 Å². The van der Waals surface area contributed by atoms with Crippen molar-refractivity contribution in [2.75, 3.05) is 23.9 Å². The average molecular weight is 487 g/mol. The minimum atomic E-state index is -0.268. The van der Waals surface area contributed by atoms with E-state index in [1.807, 2.05) is 42.2 Å². The van der Waals surface area contributed by atoms with Crippen LogP contribution in [0.2, 0.25) is 5.02 Å². The molecular weight excluding hydrogens is 464 g/mol. The first-order valence-electron chi connectivity index (χ1n) is 11.1. The minimum Gasteiger partial charge on any atom is -0.495 e. The first-order chi connectivity index (χ1) is 17.0.